The lowest BCUT2D eigenvalue weighted by atomic mass is 9.84. The molecule has 0 aromatic rings. The zero-order valence-electron chi connectivity index (χ0n) is 7.41. The molecule has 0 spiro atoms. The molecule has 1 saturated heterocycles. The van der Waals surface area contributed by atoms with Crippen LogP contribution in [-0.2, 0) is 0 Å². The monoisotopic (exact) mass is 141 g/mol. The van der Waals surface area contributed by atoms with Crippen LogP contribution in [0.15, 0.2) is 0 Å². The second-order valence-electron chi connectivity index (χ2n) is 4.44. The molecule has 1 rings (SSSR count). The Morgan fingerprint density at radius 3 is 2.80 bits per heavy atom. The molecule has 0 aliphatic carbocycles. The molecule has 1 aliphatic rings. The summed E-state index contributed by atoms with van der Waals surface area (Å²) in [5.74, 6) is 0.907. The van der Waals surface area contributed by atoms with E-state index in [1.165, 1.54) is 25.9 Å². The van der Waals surface area contributed by atoms with Crippen LogP contribution >= 0.6 is 0 Å². The summed E-state index contributed by atoms with van der Waals surface area (Å²) in [6.07, 6.45) is 2.73. The van der Waals surface area contributed by atoms with Crippen molar-refractivity contribution in [3.05, 3.63) is 0 Å². The van der Waals surface area contributed by atoms with Gasteiger partial charge in [0.25, 0.3) is 0 Å². The Balaban J connectivity index is 2.46. The Morgan fingerprint density at radius 1 is 1.40 bits per heavy atom. The maximum Gasteiger partial charge on any atom is 0.000262 e. The van der Waals surface area contributed by atoms with Crippen LogP contribution in [0.3, 0.4) is 0 Å². The first-order chi connectivity index (χ1) is 4.60. The SMILES string of the molecule is C[C@@H]1CCNCC(C)(C)C1. The van der Waals surface area contributed by atoms with Gasteiger partial charge in [0, 0.05) is 6.54 Å². The van der Waals surface area contributed by atoms with Gasteiger partial charge in [0.05, 0.1) is 0 Å². The molecule has 0 aromatic heterocycles. The normalized spacial score (nSPS) is 33.3. The molecule has 1 heterocycles. The molecule has 1 heteroatoms. The minimum atomic E-state index is 0.524. The van der Waals surface area contributed by atoms with Crippen molar-refractivity contribution in [2.24, 2.45) is 11.3 Å². The minimum Gasteiger partial charge on any atom is -0.316 e. The molecular weight excluding hydrogens is 122 g/mol. The number of hydrogen-bond acceptors (Lipinski definition) is 1. The van der Waals surface area contributed by atoms with Crippen molar-refractivity contribution in [3.8, 4) is 0 Å². The van der Waals surface area contributed by atoms with E-state index in [9.17, 15) is 0 Å². The van der Waals surface area contributed by atoms with Crippen LogP contribution in [-0.4, -0.2) is 13.1 Å². The largest absolute Gasteiger partial charge is 0.316 e. The summed E-state index contributed by atoms with van der Waals surface area (Å²) >= 11 is 0. The predicted octanol–water partition coefficient (Wildman–Crippen LogP) is 2.03. The van der Waals surface area contributed by atoms with Gasteiger partial charge in [-0.25, -0.2) is 0 Å². The molecule has 0 aromatic carbocycles. The smallest absolute Gasteiger partial charge is 0.000262 e. The van der Waals surface area contributed by atoms with Crippen LogP contribution in [0.4, 0.5) is 0 Å². The van der Waals surface area contributed by atoms with Crippen molar-refractivity contribution >= 4 is 0 Å². The third kappa shape index (κ3) is 2.30. The average molecular weight is 141 g/mol. The van der Waals surface area contributed by atoms with Crippen LogP contribution in [0.1, 0.15) is 33.6 Å². The average Bonchev–Trinajstić information content (AvgIpc) is 1.90. The fourth-order valence-electron chi connectivity index (χ4n) is 1.89. The topological polar surface area (TPSA) is 12.0 Å². The van der Waals surface area contributed by atoms with Gasteiger partial charge in [-0.15, -0.1) is 0 Å². The summed E-state index contributed by atoms with van der Waals surface area (Å²) in [6.45, 7) is 9.46. The van der Waals surface area contributed by atoms with Crippen molar-refractivity contribution in [2.75, 3.05) is 13.1 Å². The Hall–Kier alpha value is -0.0400. The zero-order valence-corrected chi connectivity index (χ0v) is 7.41. The molecule has 1 atom stereocenters. The van der Waals surface area contributed by atoms with E-state index in [4.69, 9.17) is 0 Å². The van der Waals surface area contributed by atoms with Gasteiger partial charge in [0.2, 0.25) is 0 Å². The fourth-order valence-corrected chi connectivity index (χ4v) is 1.89. The van der Waals surface area contributed by atoms with E-state index in [2.05, 4.69) is 26.1 Å². The lowest BCUT2D eigenvalue weighted by Crippen LogP contribution is -2.26. The summed E-state index contributed by atoms with van der Waals surface area (Å²) in [5, 5.41) is 3.47. The summed E-state index contributed by atoms with van der Waals surface area (Å²) in [5.41, 5.74) is 0.524. The highest BCUT2D eigenvalue weighted by Gasteiger charge is 2.22. The lowest BCUT2D eigenvalue weighted by Gasteiger charge is -2.23. The highest BCUT2D eigenvalue weighted by molar-refractivity contribution is 4.77. The third-order valence-corrected chi connectivity index (χ3v) is 2.32. The van der Waals surface area contributed by atoms with Crippen molar-refractivity contribution in [2.45, 2.75) is 33.6 Å². The van der Waals surface area contributed by atoms with Crippen molar-refractivity contribution in [1.29, 1.82) is 0 Å². The van der Waals surface area contributed by atoms with Crippen molar-refractivity contribution in [3.63, 3.8) is 0 Å². The number of rotatable bonds is 0. The molecular formula is C9H19N. The van der Waals surface area contributed by atoms with Gasteiger partial charge in [-0.1, -0.05) is 20.8 Å². The van der Waals surface area contributed by atoms with Gasteiger partial charge in [-0.2, -0.15) is 0 Å². The Labute approximate surface area is 64.2 Å². The second-order valence-corrected chi connectivity index (χ2v) is 4.44. The quantitative estimate of drug-likeness (QED) is 0.544. The molecule has 1 fully saturated rings. The van der Waals surface area contributed by atoms with Gasteiger partial charge < -0.3 is 5.32 Å². The fraction of sp³-hybridized carbons (Fsp3) is 1.00. The third-order valence-electron chi connectivity index (χ3n) is 2.32. The van der Waals surface area contributed by atoms with Gasteiger partial charge in [0.15, 0.2) is 0 Å². The van der Waals surface area contributed by atoms with E-state index in [0.717, 1.165) is 5.92 Å². The van der Waals surface area contributed by atoms with Crippen LogP contribution < -0.4 is 5.32 Å². The summed E-state index contributed by atoms with van der Waals surface area (Å²) in [6, 6.07) is 0. The van der Waals surface area contributed by atoms with E-state index >= 15 is 0 Å². The van der Waals surface area contributed by atoms with E-state index < -0.39 is 0 Å². The lowest BCUT2D eigenvalue weighted by molar-refractivity contribution is 0.295. The zero-order chi connectivity index (χ0) is 7.61. The molecule has 0 radical (unpaired) electrons. The van der Waals surface area contributed by atoms with E-state index in [1.54, 1.807) is 0 Å². The molecule has 1 N–H and O–H groups in total. The Kier molecular flexibility index (Phi) is 2.35. The van der Waals surface area contributed by atoms with Crippen LogP contribution in [0.25, 0.3) is 0 Å². The summed E-state index contributed by atoms with van der Waals surface area (Å²) < 4.78 is 0. The van der Waals surface area contributed by atoms with E-state index in [1.807, 2.05) is 0 Å². The van der Waals surface area contributed by atoms with Crippen LogP contribution in [0.2, 0.25) is 0 Å². The standard InChI is InChI=1S/C9H19N/c1-8-4-5-10-7-9(2,3)6-8/h8,10H,4-7H2,1-3H3/t8-/m1/s1. The number of nitrogens with one attached hydrogen (secondary N) is 1. The first kappa shape index (κ1) is 8.06. The molecule has 1 nitrogen and oxygen atoms in total. The van der Waals surface area contributed by atoms with Crippen LogP contribution in [0.5, 0.6) is 0 Å². The number of hydrogen-bond donors (Lipinski definition) is 1. The minimum absolute atomic E-state index is 0.524. The highest BCUT2D eigenvalue weighted by atomic mass is 14.9. The molecule has 0 amide bonds. The van der Waals surface area contributed by atoms with Gasteiger partial charge in [0.1, 0.15) is 0 Å². The van der Waals surface area contributed by atoms with E-state index in [0.29, 0.717) is 5.41 Å². The second kappa shape index (κ2) is 2.91. The molecule has 10 heavy (non-hydrogen) atoms. The highest BCUT2D eigenvalue weighted by Crippen LogP contribution is 2.27. The van der Waals surface area contributed by atoms with Crippen molar-refractivity contribution < 1.29 is 0 Å². The molecule has 0 unspecified atom stereocenters. The van der Waals surface area contributed by atoms with Gasteiger partial charge in [-0.05, 0) is 30.7 Å². The summed E-state index contributed by atoms with van der Waals surface area (Å²) in [7, 11) is 0. The first-order valence-corrected chi connectivity index (χ1v) is 4.31. The van der Waals surface area contributed by atoms with Crippen LogP contribution in [0, 0.1) is 11.3 Å². The maximum atomic E-state index is 3.47. The Bertz CT molecular complexity index is 107. The van der Waals surface area contributed by atoms with Gasteiger partial charge >= 0.3 is 0 Å². The summed E-state index contributed by atoms with van der Waals surface area (Å²) in [4.78, 5) is 0. The Morgan fingerprint density at radius 2 is 2.10 bits per heavy atom. The van der Waals surface area contributed by atoms with Gasteiger partial charge in [-0.3, -0.25) is 0 Å². The first-order valence-electron chi connectivity index (χ1n) is 4.31. The van der Waals surface area contributed by atoms with Crippen molar-refractivity contribution in [1.82, 2.24) is 5.32 Å². The molecule has 60 valence electrons. The molecule has 1 aliphatic heterocycles. The van der Waals surface area contributed by atoms with E-state index in [-0.39, 0.29) is 0 Å². The molecule has 0 saturated carbocycles. The molecule has 0 bridgehead atoms. The predicted molar refractivity (Wildman–Crippen MR) is 45.0 cm³/mol. The maximum absolute atomic E-state index is 3.47.